The average molecular weight is 157 g/mol. The molecular weight excluding hydrogens is 142 g/mol. The zero-order valence-corrected chi connectivity index (χ0v) is 7.17. The number of likely N-dealkylation sites (tertiary alicyclic amines) is 1. The van der Waals surface area contributed by atoms with Crippen molar-refractivity contribution >= 4 is 5.97 Å². The normalized spacial score (nSPS) is 25.5. The molecule has 11 heavy (non-hydrogen) atoms. The molecule has 1 fully saturated rings. The van der Waals surface area contributed by atoms with E-state index in [9.17, 15) is 4.79 Å². The molecule has 0 spiro atoms. The van der Waals surface area contributed by atoms with Gasteiger partial charge in [0.2, 0.25) is 0 Å². The maximum absolute atomic E-state index is 10.9. The van der Waals surface area contributed by atoms with Gasteiger partial charge >= 0.3 is 5.97 Å². The van der Waals surface area contributed by atoms with Gasteiger partial charge in [0.15, 0.2) is 0 Å². The molecule has 1 rings (SSSR count). The monoisotopic (exact) mass is 157 g/mol. The Morgan fingerprint density at radius 3 is 2.91 bits per heavy atom. The van der Waals surface area contributed by atoms with Crippen molar-refractivity contribution in [2.75, 3.05) is 20.7 Å². The molecule has 1 heterocycles. The van der Waals surface area contributed by atoms with Crippen molar-refractivity contribution in [1.82, 2.24) is 4.90 Å². The van der Waals surface area contributed by atoms with Gasteiger partial charge in [-0.05, 0) is 26.4 Å². The lowest BCUT2D eigenvalue weighted by Crippen LogP contribution is -2.27. The van der Waals surface area contributed by atoms with Crippen LogP contribution in [-0.2, 0) is 9.53 Å². The van der Waals surface area contributed by atoms with Gasteiger partial charge in [-0.25, -0.2) is 0 Å². The summed E-state index contributed by atoms with van der Waals surface area (Å²) in [6.45, 7) is 1.11. The number of hydrogen-bond acceptors (Lipinski definition) is 3. The predicted molar refractivity (Wildman–Crippen MR) is 42.3 cm³/mol. The fourth-order valence-electron chi connectivity index (χ4n) is 1.51. The lowest BCUT2D eigenvalue weighted by Gasteiger charge is -2.17. The van der Waals surface area contributed by atoms with Crippen LogP contribution in [-0.4, -0.2) is 37.6 Å². The van der Waals surface area contributed by atoms with Crippen LogP contribution in [0, 0.1) is 0 Å². The first kappa shape index (κ1) is 8.53. The largest absolute Gasteiger partial charge is 0.469 e. The molecule has 0 radical (unpaired) electrons. The Kier molecular flexibility index (Phi) is 2.88. The molecule has 1 aliphatic rings. The molecule has 0 bridgehead atoms. The van der Waals surface area contributed by atoms with Crippen molar-refractivity contribution in [2.45, 2.75) is 25.3 Å². The Balaban J connectivity index is 2.30. The van der Waals surface area contributed by atoms with Crippen LogP contribution in [0.5, 0.6) is 0 Å². The Bertz CT molecular complexity index is 147. The van der Waals surface area contributed by atoms with E-state index in [0.29, 0.717) is 12.5 Å². The van der Waals surface area contributed by atoms with Crippen LogP contribution in [0.25, 0.3) is 0 Å². The zero-order valence-electron chi connectivity index (χ0n) is 7.17. The molecule has 64 valence electrons. The summed E-state index contributed by atoms with van der Waals surface area (Å²) in [5, 5.41) is 0. The van der Waals surface area contributed by atoms with Gasteiger partial charge < -0.3 is 9.64 Å². The van der Waals surface area contributed by atoms with E-state index < -0.39 is 0 Å². The fraction of sp³-hybridized carbons (Fsp3) is 0.875. The zero-order chi connectivity index (χ0) is 8.27. The minimum Gasteiger partial charge on any atom is -0.469 e. The number of methoxy groups -OCH3 is 1. The van der Waals surface area contributed by atoms with Crippen LogP contribution < -0.4 is 0 Å². The molecule has 0 aromatic heterocycles. The van der Waals surface area contributed by atoms with Gasteiger partial charge in [0, 0.05) is 6.04 Å². The highest BCUT2D eigenvalue weighted by Crippen LogP contribution is 2.17. The maximum Gasteiger partial charge on any atom is 0.307 e. The predicted octanol–water partition coefficient (Wildman–Crippen LogP) is 0.644. The van der Waals surface area contributed by atoms with E-state index in [1.807, 2.05) is 0 Å². The molecule has 0 unspecified atom stereocenters. The number of ether oxygens (including phenoxy) is 1. The number of carbonyl (C=O) groups is 1. The molecule has 1 aliphatic heterocycles. The Labute approximate surface area is 67.3 Å². The molecule has 0 saturated carbocycles. The third-order valence-corrected chi connectivity index (χ3v) is 2.30. The van der Waals surface area contributed by atoms with E-state index in [1.54, 1.807) is 0 Å². The summed E-state index contributed by atoms with van der Waals surface area (Å²) in [6, 6.07) is 0.419. The third-order valence-electron chi connectivity index (χ3n) is 2.30. The molecule has 1 atom stereocenters. The first-order chi connectivity index (χ1) is 5.24. The van der Waals surface area contributed by atoms with Gasteiger partial charge in [-0.15, -0.1) is 0 Å². The minimum absolute atomic E-state index is 0.0938. The quantitative estimate of drug-likeness (QED) is 0.551. The lowest BCUT2D eigenvalue weighted by molar-refractivity contribution is -0.141. The van der Waals surface area contributed by atoms with Gasteiger partial charge in [0.05, 0.1) is 13.5 Å². The standard InChI is InChI=1S/C8H15NO2/c1-9-5-3-4-7(9)6-8(10)11-2/h7H,3-6H2,1-2H3/t7-/m0/s1. The van der Waals surface area contributed by atoms with Gasteiger partial charge in [0.25, 0.3) is 0 Å². The second-order valence-corrected chi connectivity index (χ2v) is 3.06. The first-order valence-corrected chi connectivity index (χ1v) is 4.01. The first-order valence-electron chi connectivity index (χ1n) is 4.01. The van der Waals surface area contributed by atoms with Crippen LogP contribution in [0.3, 0.4) is 0 Å². The second kappa shape index (κ2) is 3.72. The number of carbonyl (C=O) groups excluding carboxylic acids is 1. The molecule has 0 amide bonds. The topological polar surface area (TPSA) is 29.5 Å². The molecule has 0 N–H and O–H groups in total. The van der Waals surface area contributed by atoms with Crippen LogP contribution in [0.1, 0.15) is 19.3 Å². The molecule has 0 aromatic rings. The van der Waals surface area contributed by atoms with Gasteiger partial charge in [-0.1, -0.05) is 0 Å². The van der Waals surface area contributed by atoms with Crippen molar-refractivity contribution < 1.29 is 9.53 Å². The summed E-state index contributed by atoms with van der Waals surface area (Å²) >= 11 is 0. The van der Waals surface area contributed by atoms with Gasteiger partial charge in [-0.2, -0.15) is 0 Å². The highest BCUT2D eigenvalue weighted by Gasteiger charge is 2.23. The van der Waals surface area contributed by atoms with Crippen molar-refractivity contribution in [3.05, 3.63) is 0 Å². The number of hydrogen-bond donors (Lipinski definition) is 0. The summed E-state index contributed by atoms with van der Waals surface area (Å²) in [4.78, 5) is 13.1. The van der Waals surface area contributed by atoms with Crippen molar-refractivity contribution in [2.24, 2.45) is 0 Å². The summed E-state index contributed by atoms with van der Waals surface area (Å²) in [5.74, 6) is -0.0938. The molecule has 0 aromatic carbocycles. The lowest BCUT2D eigenvalue weighted by atomic mass is 10.1. The Morgan fingerprint density at radius 1 is 1.73 bits per heavy atom. The van der Waals surface area contributed by atoms with E-state index in [-0.39, 0.29) is 5.97 Å². The Hall–Kier alpha value is -0.570. The van der Waals surface area contributed by atoms with E-state index in [2.05, 4.69) is 16.7 Å². The van der Waals surface area contributed by atoms with E-state index >= 15 is 0 Å². The minimum atomic E-state index is -0.0938. The van der Waals surface area contributed by atoms with Crippen molar-refractivity contribution in [3.63, 3.8) is 0 Å². The van der Waals surface area contributed by atoms with E-state index in [4.69, 9.17) is 0 Å². The highest BCUT2D eigenvalue weighted by atomic mass is 16.5. The fourth-order valence-corrected chi connectivity index (χ4v) is 1.51. The van der Waals surface area contributed by atoms with Crippen LogP contribution >= 0.6 is 0 Å². The van der Waals surface area contributed by atoms with E-state index in [1.165, 1.54) is 13.5 Å². The number of nitrogens with zero attached hydrogens (tertiary/aromatic N) is 1. The maximum atomic E-state index is 10.9. The highest BCUT2D eigenvalue weighted by molar-refractivity contribution is 5.69. The molecule has 3 nitrogen and oxygen atoms in total. The molecular formula is C8H15NO2. The van der Waals surface area contributed by atoms with Crippen LogP contribution in [0.15, 0.2) is 0 Å². The van der Waals surface area contributed by atoms with Crippen molar-refractivity contribution in [3.8, 4) is 0 Å². The van der Waals surface area contributed by atoms with Crippen molar-refractivity contribution in [1.29, 1.82) is 0 Å². The third kappa shape index (κ3) is 2.19. The number of esters is 1. The summed E-state index contributed by atoms with van der Waals surface area (Å²) in [5.41, 5.74) is 0. The summed E-state index contributed by atoms with van der Waals surface area (Å²) in [6.07, 6.45) is 2.89. The summed E-state index contributed by atoms with van der Waals surface area (Å²) < 4.78 is 4.59. The second-order valence-electron chi connectivity index (χ2n) is 3.06. The molecule has 0 aliphatic carbocycles. The smallest absolute Gasteiger partial charge is 0.307 e. The SMILES string of the molecule is COC(=O)C[C@@H]1CCCN1C. The molecule has 3 heteroatoms. The van der Waals surface area contributed by atoms with E-state index in [0.717, 1.165) is 13.0 Å². The summed E-state index contributed by atoms with van der Waals surface area (Å²) in [7, 11) is 3.50. The average Bonchev–Trinajstić information content (AvgIpc) is 2.37. The number of rotatable bonds is 2. The van der Waals surface area contributed by atoms with Gasteiger partial charge in [0.1, 0.15) is 0 Å². The van der Waals surface area contributed by atoms with Gasteiger partial charge in [-0.3, -0.25) is 4.79 Å². The Morgan fingerprint density at radius 2 is 2.45 bits per heavy atom. The van der Waals surface area contributed by atoms with Crippen LogP contribution in [0.4, 0.5) is 0 Å². The molecule has 1 saturated heterocycles. The van der Waals surface area contributed by atoms with Crippen LogP contribution in [0.2, 0.25) is 0 Å².